The van der Waals surface area contributed by atoms with Gasteiger partial charge in [0.25, 0.3) is 11.2 Å². The number of thiazole rings is 1. The minimum absolute atomic E-state index is 0.0285. The van der Waals surface area contributed by atoms with Gasteiger partial charge >= 0.3 is 0 Å². The van der Waals surface area contributed by atoms with Crippen LogP contribution in [0.3, 0.4) is 0 Å². The van der Waals surface area contributed by atoms with E-state index in [2.05, 4.69) is 20.3 Å². The summed E-state index contributed by atoms with van der Waals surface area (Å²) in [6.45, 7) is 0. The van der Waals surface area contributed by atoms with E-state index in [-0.39, 0.29) is 30.0 Å². The van der Waals surface area contributed by atoms with E-state index in [1.807, 2.05) is 12.1 Å². The highest BCUT2D eigenvalue weighted by Crippen LogP contribution is 2.27. The number of non-ortho nitro benzene ring substituents is 1. The van der Waals surface area contributed by atoms with Gasteiger partial charge < -0.3 is 10.3 Å². The first-order valence-corrected chi connectivity index (χ1v) is 9.86. The molecule has 0 aliphatic heterocycles. The highest BCUT2D eigenvalue weighted by molar-refractivity contribution is 7.14. The third-order valence-corrected chi connectivity index (χ3v) is 5.12. The largest absolute Gasteiger partial charge is 0.319 e. The van der Waals surface area contributed by atoms with Crippen LogP contribution in [0.1, 0.15) is 12.1 Å². The first-order chi connectivity index (χ1) is 14.5. The van der Waals surface area contributed by atoms with Crippen LogP contribution in [0.5, 0.6) is 0 Å². The molecule has 0 saturated carbocycles. The minimum atomic E-state index is -0.471. The van der Waals surface area contributed by atoms with Crippen molar-refractivity contribution in [1.29, 1.82) is 0 Å². The molecular weight excluding hydrogens is 406 g/mol. The lowest BCUT2D eigenvalue weighted by molar-refractivity contribution is -0.384. The fourth-order valence-corrected chi connectivity index (χ4v) is 3.63. The van der Waals surface area contributed by atoms with Crippen molar-refractivity contribution in [3.05, 3.63) is 80.1 Å². The van der Waals surface area contributed by atoms with E-state index < -0.39 is 4.92 Å². The number of hydrogen-bond acceptors (Lipinski definition) is 7. The van der Waals surface area contributed by atoms with Crippen molar-refractivity contribution in [2.75, 3.05) is 5.32 Å². The maximum Gasteiger partial charge on any atom is 0.270 e. The zero-order valence-electron chi connectivity index (χ0n) is 15.5. The molecule has 0 radical (unpaired) electrons. The second-order valence-electron chi connectivity index (χ2n) is 6.42. The molecule has 2 aromatic carbocycles. The van der Waals surface area contributed by atoms with Crippen LogP contribution in [0.4, 0.5) is 10.8 Å². The number of para-hydroxylation sites is 2. The summed E-state index contributed by atoms with van der Waals surface area (Å²) < 4.78 is 0. The molecule has 150 valence electrons. The molecule has 2 N–H and O–H groups in total. The molecule has 0 aliphatic carbocycles. The predicted octanol–water partition coefficient (Wildman–Crippen LogP) is 3.53. The molecule has 0 fully saturated rings. The van der Waals surface area contributed by atoms with Gasteiger partial charge in [0, 0.05) is 35.9 Å². The van der Waals surface area contributed by atoms with Crippen LogP contribution in [-0.2, 0) is 11.2 Å². The van der Waals surface area contributed by atoms with Crippen LogP contribution < -0.4 is 10.9 Å². The zero-order valence-corrected chi connectivity index (χ0v) is 16.3. The Balaban J connectivity index is 1.42. The topological polar surface area (TPSA) is 131 Å². The molecule has 2 aromatic heterocycles. The summed E-state index contributed by atoms with van der Waals surface area (Å²) in [7, 11) is 0. The lowest BCUT2D eigenvalue weighted by Crippen LogP contribution is -2.18. The predicted molar refractivity (Wildman–Crippen MR) is 114 cm³/mol. The van der Waals surface area contributed by atoms with Gasteiger partial charge in [-0.15, -0.1) is 11.3 Å². The van der Waals surface area contributed by atoms with Crippen molar-refractivity contribution in [2.45, 2.75) is 12.8 Å². The summed E-state index contributed by atoms with van der Waals surface area (Å²) in [6.07, 6.45) is 0.259. The number of nitro benzene ring substituents is 1. The Hall–Kier alpha value is -3.92. The lowest BCUT2D eigenvalue weighted by atomic mass is 10.1. The molecule has 9 nitrogen and oxygen atoms in total. The normalized spacial score (nSPS) is 10.8. The third kappa shape index (κ3) is 4.23. The number of nitro groups is 1. The summed E-state index contributed by atoms with van der Waals surface area (Å²) in [4.78, 5) is 46.3. The van der Waals surface area contributed by atoms with E-state index >= 15 is 0 Å². The quantitative estimate of drug-likeness (QED) is 0.362. The van der Waals surface area contributed by atoms with Gasteiger partial charge in [0.05, 0.1) is 21.7 Å². The lowest BCUT2D eigenvalue weighted by Gasteiger charge is -2.03. The molecule has 10 heteroatoms. The van der Waals surface area contributed by atoms with Gasteiger partial charge in [-0.3, -0.25) is 19.7 Å². The highest BCUT2D eigenvalue weighted by Gasteiger charge is 2.13. The number of rotatable bonds is 6. The standard InChI is InChI=1S/C20H15N5O4S/c26-18(9-8-16-19(27)22-15-7-2-1-6-14(15)21-16)24-20-23-17(11-30-20)12-4-3-5-13(10-12)25(28)29/h1-7,10-11H,8-9H2,(H,22,27)(H,23,24,26). The Bertz CT molecular complexity index is 1310. The molecule has 0 unspecified atom stereocenters. The van der Waals surface area contributed by atoms with Crippen molar-refractivity contribution in [3.63, 3.8) is 0 Å². The average Bonchev–Trinajstić information content (AvgIpc) is 3.20. The Morgan fingerprint density at radius 3 is 2.83 bits per heavy atom. The summed E-state index contributed by atoms with van der Waals surface area (Å²) in [6, 6.07) is 13.3. The number of hydrogen-bond donors (Lipinski definition) is 2. The van der Waals surface area contributed by atoms with E-state index in [0.717, 1.165) is 0 Å². The highest BCUT2D eigenvalue weighted by atomic mass is 32.1. The first kappa shape index (κ1) is 19.4. The Morgan fingerprint density at radius 1 is 1.17 bits per heavy atom. The average molecular weight is 421 g/mol. The van der Waals surface area contributed by atoms with Gasteiger partial charge in [-0.25, -0.2) is 9.97 Å². The zero-order chi connectivity index (χ0) is 21.1. The molecule has 1 amide bonds. The van der Waals surface area contributed by atoms with Crippen LogP contribution in [-0.4, -0.2) is 25.8 Å². The number of benzene rings is 2. The number of aromatic amines is 1. The number of nitrogens with zero attached hydrogens (tertiary/aromatic N) is 3. The van der Waals surface area contributed by atoms with Crippen molar-refractivity contribution < 1.29 is 9.72 Å². The Morgan fingerprint density at radius 2 is 2.00 bits per heavy atom. The molecule has 0 bridgehead atoms. The molecule has 0 aliphatic rings. The summed E-state index contributed by atoms with van der Waals surface area (Å²) in [5, 5.41) is 15.7. The second kappa shape index (κ2) is 8.21. The van der Waals surface area contributed by atoms with E-state index in [4.69, 9.17) is 0 Å². The van der Waals surface area contributed by atoms with Gasteiger partial charge in [-0.2, -0.15) is 0 Å². The maximum atomic E-state index is 12.3. The number of carbonyl (C=O) groups is 1. The molecule has 4 rings (SSSR count). The smallest absolute Gasteiger partial charge is 0.270 e. The monoisotopic (exact) mass is 421 g/mol. The van der Waals surface area contributed by atoms with Crippen LogP contribution in [0.25, 0.3) is 22.3 Å². The number of amides is 1. The van der Waals surface area contributed by atoms with Crippen molar-refractivity contribution in [3.8, 4) is 11.3 Å². The molecule has 0 spiro atoms. The number of aryl methyl sites for hydroxylation is 1. The summed E-state index contributed by atoms with van der Waals surface area (Å²) in [5.74, 6) is -0.302. The molecule has 0 saturated heterocycles. The maximum absolute atomic E-state index is 12.3. The van der Waals surface area contributed by atoms with Crippen LogP contribution in [0.15, 0.2) is 58.7 Å². The van der Waals surface area contributed by atoms with Crippen molar-refractivity contribution in [2.24, 2.45) is 0 Å². The van der Waals surface area contributed by atoms with E-state index in [9.17, 15) is 19.7 Å². The van der Waals surface area contributed by atoms with Crippen molar-refractivity contribution >= 4 is 39.1 Å². The van der Waals surface area contributed by atoms with Gasteiger partial charge in [0.15, 0.2) is 5.13 Å². The SMILES string of the molecule is O=C(CCc1nc2ccccc2[nH]c1=O)Nc1nc(-c2cccc([N+](=O)[O-])c2)cs1. The van der Waals surface area contributed by atoms with Gasteiger partial charge in [0.1, 0.15) is 5.69 Å². The van der Waals surface area contributed by atoms with Gasteiger partial charge in [-0.05, 0) is 12.1 Å². The van der Waals surface area contributed by atoms with Crippen molar-refractivity contribution in [1.82, 2.24) is 15.0 Å². The molecular formula is C20H15N5O4S. The summed E-state index contributed by atoms with van der Waals surface area (Å²) >= 11 is 1.22. The Kier molecular flexibility index (Phi) is 5.31. The van der Waals surface area contributed by atoms with E-state index in [1.54, 1.807) is 29.6 Å². The summed E-state index contributed by atoms with van der Waals surface area (Å²) in [5.41, 5.74) is 2.38. The second-order valence-corrected chi connectivity index (χ2v) is 7.28. The fraction of sp³-hybridized carbons (Fsp3) is 0.100. The van der Waals surface area contributed by atoms with Gasteiger partial charge in [0.2, 0.25) is 5.91 Å². The fourth-order valence-electron chi connectivity index (χ4n) is 2.89. The number of carbonyl (C=O) groups excluding carboxylic acids is 1. The van der Waals surface area contributed by atoms with E-state index in [1.165, 1.54) is 23.5 Å². The van der Waals surface area contributed by atoms with Crippen LogP contribution in [0, 0.1) is 10.1 Å². The molecule has 0 atom stereocenters. The number of nitrogens with one attached hydrogen (secondary N) is 2. The molecule has 30 heavy (non-hydrogen) atoms. The van der Waals surface area contributed by atoms with Gasteiger partial charge in [-0.1, -0.05) is 24.3 Å². The molecule has 4 aromatic rings. The third-order valence-electron chi connectivity index (χ3n) is 4.36. The molecule has 2 heterocycles. The number of H-pyrrole nitrogens is 1. The van der Waals surface area contributed by atoms with Crippen LogP contribution >= 0.6 is 11.3 Å². The number of anilines is 1. The van der Waals surface area contributed by atoms with Crippen LogP contribution in [0.2, 0.25) is 0 Å². The number of fused-ring (bicyclic) bond motifs is 1. The Labute approximate surface area is 173 Å². The minimum Gasteiger partial charge on any atom is -0.319 e. The number of aromatic nitrogens is 3. The first-order valence-electron chi connectivity index (χ1n) is 8.98. The van der Waals surface area contributed by atoms with E-state index in [0.29, 0.717) is 33.1 Å².